The smallest absolute Gasteiger partial charge is 0.403 e. The van der Waals surface area contributed by atoms with E-state index in [1.54, 1.807) is 13.8 Å². The monoisotopic (exact) mass is 288 g/mol. The first-order valence-electron chi connectivity index (χ1n) is 5.10. The van der Waals surface area contributed by atoms with Crippen molar-refractivity contribution >= 4 is 23.7 Å². The maximum Gasteiger partial charge on any atom is 0.403 e. The minimum absolute atomic E-state index is 0.234. The standard InChI is InChI=1S/C10H15F3O4S/c1-6(2)17-8(14)5-18-4-7(9(15)16-3)10(11,12)13/h6-7H,4-5H2,1-3H3. The molecule has 0 heterocycles. The van der Waals surface area contributed by atoms with Crippen LogP contribution in [0, 0.1) is 5.92 Å². The van der Waals surface area contributed by atoms with E-state index in [0.29, 0.717) is 11.8 Å². The van der Waals surface area contributed by atoms with Crippen molar-refractivity contribution in [3.63, 3.8) is 0 Å². The van der Waals surface area contributed by atoms with Gasteiger partial charge in [-0.25, -0.2) is 0 Å². The molecular formula is C10H15F3O4S. The Kier molecular flexibility index (Phi) is 7.12. The molecule has 0 amide bonds. The molecule has 106 valence electrons. The van der Waals surface area contributed by atoms with Crippen LogP contribution in [0.3, 0.4) is 0 Å². The van der Waals surface area contributed by atoms with Gasteiger partial charge < -0.3 is 9.47 Å². The van der Waals surface area contributed by atoms with Gasteiger partial charge in [0.2, 0.25) is 0 Å². The average molecular weight is 288 g/mol. The van der Waals surface area contributed by atoms with Gasteiger partial charge in [-0.2, -0.15) is 13.2 Å². The van der Waals surface area contributed by atoms with Crippen LogP contribution in [0.25, 0.3) is 0 Å². The molecule has 0 aliphatic rings. The number of methoxy groups -OCH3 is 1. The summed E-state index contributed by atoms with van der Waals surface area (Å²) in [5.41, 5.74) is 0. The average Bonchev–Trinajstić information content (AvgIpc) is 2.20. The number of esters is 2. The number of alkyl halides is 3. The van der Waals surface area contributed by atoms with Crippen LogP contribution in [0.5, 0.6) is 0 Å². The van der Waals surface area contributed by atoms with E-state index in [4.69, 9.17) is 4.74 Å². The van der Waals surface area contributed by atoms with Crippen LogP contribution >= 0.6 is 11.8 Å². The Morgan fingerprint density at radius 1 is 1.28 bits per heavy atom. The van der Waals surface area contributed by atoms with Gasteiger partial charge in [-0.3, -0.25) is 9.59 Å². The Balaban J connectivity index is 4.21. The van der Waals surface area contributed by atoms with E-state index in [9.17, 15) is 22.8 Å². The van der Waals surface area contributed by atoms with Gasteiger partial charge in [0.05, 0.1) is 19.0 Å². The largest absolute Gasteiger partial charge is 0.469 e. The van der Waals surface area contributed by atoms with E-state index < -0.39 is 29.8 Å². The summed E-state index contributed by atoms with van der Waals surface area (Å²) in [5.74, 6) is -4.99. The van der Waals surface area contributed by atoms with Crippen molar-refractivity contribution in [1.29, 1.82) is 0 Å². The predicted octanol–water partition coefficient (Wildman–Crippen LogP) is 2.02. The van der Waals surface area contributed by atoms with Crippen LogP contribution in [0.2, 0.25) is 0 Å². The summed E-state index contributed by atoms with van der Waals surface area (Å²) in [6.07, 6.45) is -5.00. The Labute approximate surface area is 107 Å². The predicted molar refractivity (Wildman–Crippen MR) is 60.1 cm³/mol. The first-order chi connectivity index (χ1) is 8.18. The summed E-state index contributed by atoms with van der Waals surface area (Å²) in [6, 6.07) is 0. The van der Waals surface area contributed by atoms with Crippen molar-refractivity contribution < 1.29 is 32.2 Å². The molecule has 0 aliphatic heterocycles. The van der Waals surface area contributed by atoms with Crippen molar-refractivity contribution in [2.24, 2.45) is 5.92 Å². The second-order valence-corrected chi connectivity index (χ2v) is 4.70. The Bertz CT molecular complexity index is 291. The van der Waals surface area contributed by atoms with Gasteiger partial charge in [0, 0.05) is 5.75 Å². The number of carbonyl (C=O) groups excluding carboxylic acids is 2. The molecule has 0 spiro atoms. The molecule has 4 nitrogen and oxygen atoms in total. The number of halogens is 3. The molecule has 0 bridgehead atoms. The zero-order chi connectivity index (χ0) is 14.3. The summed E-state index contributed by atoms with van der Waals surface area (Å²) in [6.45, 7) is 3.27. The molecule has 0 saturated heterocycles. The van der Waals surface area contributed by atoms with Gasteiger partial charge in [0.1, 0.15) is 0 Å². The minimum Gasteiger partial charge on any atom is -0.469 e. The van der Waals surface area contributed by atoms with Gasteiger partial charge in [-0.05, 0) is 13.8 Å². The van der Waals surface area contributed by atoms with Crippen LogP contribution in [0.1, 0.15) is 13.8 Å². The Morgan fingerprint density at radius 3 is 2.22 bits per heavy atom. The third kappa shape index (κ3) is 6.73. The number of thioether (sulfide) groups is 1. The first-order valence-corrected chi connectivity index (χ1v) is 6.25. The summed E-state index contributed by atoms with van der Waals surface area (Å²) in [5, 5.41) is 0. The molecule has 0 aromatic heterocycles. The lowest BCUT2D eigenvalue weighted by atomic mass is 10.2. The quantitative estimate of drug-likeness (QED) is 0.700. The van der Waals surface area contributed by atoms with Crippen LogP contribution in [-0.2, 0) is 19.1 Å². The van der Waals surface area contributed by atoms with Crippen LogP contribution in [-0.4, -0.2) is 42.8 Å². The highest BCUT2D eigenvalue weighted by molar-refractivity contribution is 7.99. The number of hydrogen-bond donors (Lipinski definition) is 0. The highest BCUT2D eigenvalue weighted by Gasteiger charge is 2.45. The van der Waals surface area contributed by atoms with Gasteiger partial charge >= 0.3 is 18.1 Å². The number of ether oxygens (including phenoxy) is 2. The first kappa shape index (κ1) is 17.1. The third-order valence-corrected chi connectivity index (χ3v) is 2.76. The van der Waals surface area contributed by atoms with E-state index in [1.165, 1.54) is 0 Å². The van der Waals surface area contributed by atoms with Crippen molar-refractivity contribution in [2.75, 3.05) is 18.6 Å². The van der Waals surface area contributed by atoms with Gasteiger partial charge in [-0.15, -0.1) is 11.8 Å². The van der Waals surface area contributed by atoms with E-state index >= 15 is 0 Å². The lowest BCUT2D eigenvalue weighted by Crippen LogP contribution is -2.34. The summed E-state index contributed by atoms with van der Waals surface area (Å²) in [4.78, 5) is 22.0. The van der Waals surface area contributed by atoms with E-state index in [0.717, 1.165) is 7.11 Å². The molecule has 18 heavy (non-hydrogen) atoms. The van der Waals surface area contributed by atoms with Crippen LogP contribution in [0.15, 0.2) is 0 Å². The third-order valence-electron chi connectivity index (χ3n) is 1.75. The molecule has 0 aromatic rings. The molecular weight excluding hydrogens is 273 g/mol. The molecule has 0 aliphatic carbocycles. The summed E-state index contributed by atoms with van der Waals surface area (Å²) < 4.78 is 46.2. The lowest BCUT2D eigenvalue weighted by molar-refractivity contribution is -0.191. The van der Waals surface area contributed by atoms with Gasteiger partial charge in [0.25, 0.3) is 0 Å². The molecule has 0 fully saturated rings. The topological polar surface area (TPSA) is 52.6 Å². The fourth-order valence-corrected chi connectivity index (χ4v) is 1.91. The highest BCUT2D eigenvalue weighted by Crippen LogP contribution is 2.30. The maximum absolute atomic E-state index is 12.5. The number of carbonyl (C=O) groups is 2. The molecule has 1 unspecified atom stereocenters. The Hall–Kier alpha value is -0.920. The van der Waals surface area contributed by atoms with E-state index in [-0.39, 0.29) is 11.9 Å². The van der Waals surface area contributed by atoms with E-state index in [2.05, 4.69) is 4.74 Å². The zero-order valence-electron chi connectivity index (χ0n) is 10.2. The zero-order valence-corrected chi connectivity index (χ0v) is 11.1. The Morgan fingerprint density at radius 2 is 1.83 bits per heavy atom. The second-order valence-electron chi connectivity index (χ2n) is 3.67. The minimum atomic E-state index is -4.68. The normalized spacial score (nSPS) is 13.3. The van der Waals surface area contributed by atoms with Crippen LogP contribution in [0.4, 0.5) is 13.2 Å². The van der Waals surface area contributed by atoms with Gasteiger partial charge in [-0.1, -0.05) is 0 Å². The van der Waals surface area contributed by atoms with Crippen molar-refractivity contribution in [2.45, 2.75) is 26.1 Å². The molecule has 0 radical (unpaired) electrons. The molecule has 8 heteroatoms. The summed E-state index contributed by atoms with van der Waals surface area (Å²) >= 11 is 0.687. The fraction of sp³-hybridized carbons (Fsp3) is 0.800. The van der Waals surface area contributed by atoms with Crippen molar-refractivity contribution in [3.8, 4) is 0 Å². The molecule has 0 aromatic carbocycles. The second kappa shape index (κ2) is 7.50. The molecule has 0 saturated carbocycles. The van der Waals surface area contributed by atoms with Crippen molar-refractivity contribution in [1.82, 2.24) is 0 Å². The van der Waals surface area contributed by atoms with Crippen molar-refractivity contribution in [3.05, 3.63) is 0 Å². The SMILES string of the molecule is COC(=O)C(CSCC(=O)OC(C)C)C(F)(F)F. The molecule has 0 rings (SSSR count). The van der Waals surface area contributed by atoms with E-state index in [1.807, 2.05) is 0 Å². The maximum atomic E-state index is 12.5. The lowest BCUT2D eigenvalue weighted by Gasteiger charge is -2.17. The highest BCUT2D eigenvalue weighted by atomic mass is 32.2. The van der Waals surface area contributed by atoms with Crippen LogP contribution < -0.4 is 0 Å². The number of rotatable bonds is 6. The number of hydrogen-bond acceptors (Lipinski definition) is 5. The fourth-order valence-electron chi connectivity index (χ4n) is 0.995. The molecule has 0 N–H and O–H groups in total. The molecule has 1 atom stereocenters. The summed E-state index contributed by atoms with van der Waals surface area (Å²) in [7, 11) is 0.888. The van der Waals surface area contributed by atoms with Gasteiger partial charge in [0.15, 0.2) is 5.92 Å².